The SMILES string of the molecule is OCc1cccc(-c2cnc3ccc(Cc4ccc(F)cc4)nn23)c1. The van der Waals surface area contributed by atoms with E-state index in [0.717, 1.165) is 33.7 Å². The van der Waals surface area contributed by atoms with E-state index in [0.29, 0.717) is 6.42 Å². The Morgan fingerprint density at radius 1 is 0.960 bits per heavy atom. The molecule has 4 aromatic rings. The average molecular weight is 333 g/mol. The molecule has 2 aromatic carbocycles. The molecule has 0 fully saturated rings. The largest absolute Gasteiger partial charge is 0.392 e. The van der Waals surface area contributed by atoms with E-state index in [1.807, 2.05) is 36.4 Å². The van der Waals surface area contributed by atoms with E-state index >= 15 is 0 Å². The first-order valence-corrected chi connectivity index (χ1v) is 8.01. The van der Waals surface area contributed by atoms with Crippen molar-refractivity contribution in [1.29, 1.82) is 0 Å². The number of rotatable bonds is 4. The predicted octanol–water partition coefficient (Wildman–Crippen LogP) is 3.62. The lowest BCUT2D eigenvalue weighted by Crippen LogP contribution is -2.00. The molecule has 0 bridgehead atoms. The van der Waals surface area contributed by atoms with Gasteiger partial charge in [-0.15, -0.1) is 0 Å². The van der Waals surface area contributed by atoms with Crippen LogP contribution < -0.4 is 0 Å². The summed E-state index contributed by atoms with van der Waals surface area (Å²) in [6.45, 7) is -0.00613. The number of aliphatic hydroxyl groups excluding tert-OH is 1. The molecular formula is C20H16FN3O. The Bertz CT molecular complexity index is 1020. The van der Waals surface area contributed by atoms with Gasteiger partial charge in [-0.05, 0) is 41.5 Å². The molecule has 0 saturated carbocycles. The smallest absolute Gasteiger partial charge is 0.154 e. The average Bonchev–Trinajstić information content (AvgIpc) is 3.07. The number of hydrogen-bond donors (Lipinski definition) is 1. The van der Waals surface area contributed by atoms with Crippen molar-refractivity contribution in [2.45, 2.75) is 13.0 Å². The highest BCUT2D eigenvalue weighted by atomic mass is 19.1. The van der Waals surface area contributed by atoms with Crippen LogP contribution >= 0.6 is 0 Å². The van der Waals surface area contributed by atoms with Crippen molar-refractivity contribution in [2.24, 2.45) is 0 Å². The normalized spacial score (nSPS) is 11.1. The van der Waals surface area contributed by atoms with Crippen molar-refractivity contribution in [3.05, 3.63) is 89.5 Å². The molecule has 4 nitrogen and oxygen atoms in total. The van der Waals surface area contributed by atoms with Gasteiger partial charge in [-0.3, -0.25) is 0 Å². The van der Waals surface area contributed by atoms with Crippen LogP contribution in [0.5, 0.6) is 0 Å². The van der Waals surface area contributed by atoms with Crippen molar-refractivity contribution in [3.63, 3.8) is 0 Å². The van der Waals surface area contributed by atoms with Crippen LogP contribution in [0.25, 0.3) is 16.9 Å². The molecule has 0 aliphatic heterocycles. The molecule has 2 aromatic heterocycles. The minimum atomic E-state index is -0.243. The maximum atomic E-state index is 13.0. The molecule has 1 N–H and O–H groups in total. The molecule has 0 radical (unpaired) electrons. The summed E-state index contributed by atoms with van der Waals surface area (Å²) in [5.41, 5.74) is 5.28. The number of imidazole rings is 1. The fraction of sp³-hybridized carbons (Fsp3) is 0.100. The Hall–Kier alpha value is -3.05. The maximum absolute atomic E-state index is 13.0. The molecule has 2 heterocycles. The topological polar surface area (TPSA) is 50.4 Å². The van der Waals surface area contributed by atoms with E-state index in [1.165, 1.54) is 12.1 Å². The van der Waals surface area contributed by atoms with Gasteiger partial charge in [0.2, 0.25) is 0 Å². The number of fused-ring (bicyclic) bond motifs is 1. The van der Waals surface area contributed by atoms with Crippen LogP contribution in [0.4, 0.5) is 4.39 Å². The number of aromatic nitrogens is 3. The molecular weight excluding hydrogens is 317 g/mol. The van der Waals surface area contributed by atoms with Crippen LogP contribution in [0, 0.1) is 5.82 Å². The van der Waals surface area contributed by atoms with Crippen LogP contribution in [0.3, 0.4) is 0 Å². The lowest BCUT2D eigenvalue weighted by Gasteiger charge is -2.06. The molecule has 0 aliphatic carbocycles. The van der Waals surface area contributed by atoms with E-state index in [1.54, 1.807) is 22.8 Å². The van der Waals surface area contributed by atoms with Crippen LogP contribution in [0.2, 0.25) is 0 Å². The van der Waals surface area contributed by atoms with E-state index < -0.39 is 0 Å². The van der Waals surface area contributed by atoms with Crippen LogP contribution in [0.1, 0.15) is 16.8 Å². The molecule has 4 rings (SSSR count). The third-order valence-corrected chi connectivity index (χ3v) is 4.12. The fourth-order valence-corrected chi connectivity index (χ4v) is 2.84. The van der Waals surface area contributed by atoms with Gasteiger partial charge in [-0.25, -0.2) is 13.9 Å². The first kappa shape index (κ1) is 15.5. The van der Waals surface area contributed by atoms with E-state index in [2.05, 4.69) is 10.1 Å². The third kappa shape index (κ3) is 3.14. The molecule has 5 heteroatoms. The summed E-state index contributed by atoms with van der Waals surface area (Å²) >= 11 is 0. The number of aliphatic hydroxyl groups is 1. The minimum Gasteiger partial charge on any atom is -0.392 e. The summed E-state index contributed by atoms with van der Waals surface area (Å²) in [6, 6.07) is 18.0. The molecule has 0 unspecified atom stereocenters. The van der Waals surface area contributed by atoms with Crippen molar-refractivity contribution < 1.29 is 9.50 Å². The number of hydrogen-bond acceptors (Lipinski definition) is 3. The van der Waals surface area contributed by atoms with Gasteiger partial charge in [-0.2, -0.15) is 5.10 Å². The maximum Gasteiger partial charge on any atom is 0.154 e. The monoisotopic (exact) mass is 333 g/mol. The van der Waals surface area contributed by atoms with Crippen LogP contribution in [0.15, 0.2) is 66.9 Å². The fourth-order valence-electron chi connectivity index (χ4n) is 2.84. The minimum absolute atomic E-state index is 0.00613. The van der Waals surface area contributed by atoms with E-state index in [4.69, 9.17) is 0 Å². The Morgan fingerprint density at radius 2 is 1.80 bits per heavy atom. The molecule has 25 heavy (non-hydrogen) atoms. The summed E-state index contributed by atoms with van der Waals surface area (Å²) < 4.78 is 14.8. The summed E-state index contributed by atoms with van der Waals surface area (Å²) in [5.74, 6) is -0.243. The quantitative estimate of drug-likeness (QED) is 0.620. The number of benzene rings is 2. The highest BCUT2D eigenvalue weighted by molar-refractivity contribution is 5.63. The Morgan fingerprint density at radius 3 is 2.60 bits per heavy atom. The van der Waals surface area contributed by atoms with Crippen molar-refractivity contribution in [1.82, 2.24) is 14.6 Å². The standard InChI is InChI=1S/C20H16FN3O/c21-17-6-4-14(5-7-17)11-18-8-9-20-22-12-19(24(20)23-18)16-3-1-2-15(10-16)13-25/h1-10,12,25H,11,13H2. The van der Waals surface area contributed by atoms with Crippen LogP contribution in [-0.2, 0) is 13.0 Å². The molecule has 0 spiro atoms. The van der Waals surface area contributed by atoms with Gasteiger partial charge in [0.1, 0.15) is 5.82 Å². The van der Waals surface area contributed by atoms with Gasteiger partial charge in [0.25, 0.3) is 0 Å². The summed E-state index contributed by atoms with van der Waals surface area (Å²) in [5, 5.41) is 14.0. The van der Waals surface area contributed by atoms with Gasteiger partial charge in [0, 0.05) is 12.0 Å². The second kappa shape index (κ2) is 6.45. The molecule has 0 aliphatic rings. The summed E-state index contributed by atoms with van der Waals surface area (Å²) in [4.78, 5) is 4.40. The van der Waals surface area contributed by atoms with E-state index in [-0.39, 0.29) is 12.4 Å². The number of halogens is 1. The van der Waals surface area contributed by atoms with Crippen molar-refractivity contribution in [3.8, 4) is 11.3 Å². The van der Waals surface area contributed by atoms with Crippen molar-refractivity contribution in [2.75, 3.05) is 0 Å². The zero-order chi connectivity index (χ0) is 17.2. The van der Waals surface area contributed by atoms with Gasteiger partial charge in [0.05, 0.1) is 24.2 Å². The molecule has 0 saturated heterocycles. The Kier molecular flexibility index (Phi) is 3.99. The van der Waals surface area contributed by atoms with Gasteiger partial charge < -0.3 is 5.11 Å². The highest BCUT2D eigenvalue weighted by Crippen LogP contribution is 2.22. The molecule has 124 valence electrons. The lowest BCUT2D eigenvalue weighted by atomic mass is 10.1. The molecule has 0 amide bonds. The lowest BCUT2D eigenvalue weighted by molar-refractivity contribution is 0.282. The predicted molar refractivity (Wildman–Crippen MR) is 93.6 cm³/mol. The highest BCUT2D eigenvalue weighted by Gasteiger charge is 2.09. The Balaban J connectivity index is 1.73. The van der Waals surface area contributed by atoms with E-state index in [9.17, 15) is 9.50 Å². The van der Waals surface area contributed by atoms with Crippen LogP contribution in [-0.4, -0.2) is 19.7 Å². The second-order valence-electron chi connectivity index (χ2n) is 5.90. The zero-order valence-electron chi connectivity index (χ0n) is 13.4. The Labute approximate surface area is 144 Å². The number of nitrogens with zero attached hydrogens (tertiary/aromatic N) is 3. The summed E-state index contributed by atoms with van der Waals surface area (Å²) in [6.07, 6.45) is 2.39. The van der Waals surface area contributed by atoms with Gasteiger partial charge in [0.15, 0.2) is 5.65 Å². The zero-order valence-corrected chi connectivity index (χ0v) is 13.4. The van der Waals surface area contributed by atoms with Gasteiger partial charge >= 0.3 is 0 Å². The third-order valence-electron chi connectivity index (χ3n) is 4.12. The van der Waals surface area contributed by atoms with Gasteiger partial charge in [-0.1, -0.05) is 30.3 Å². The second-order valence-corrected chi connectivity index (χ2v) is 5.90. The summed E-state index contributed by atoms with van der Waals surface area (Å²) in [7, 11) is 0. The molecule has 0 atom stereocenters. The first-order chi connectivity index (χ1) is 12.2. The van der Waals surface area contributed by atoms with Crippen molar-refractivity contribution >= 4 is 5.65 Å². The first-order valence-electron chi connectivity index (χ1n) is 8.01.